The van der Waals surface area contributed by atoms with E-state index in [-0.39, 0.29) is 5.38 Å². The minimum Gasteiger partial charge on any atom is -0.144 e. The van der Waals surface area contributed by atoms with Gasteiger partial charge in [-0.3, -0.25) is 0 Å². The fourth-order valence-electron chi connectivity index (χ4n) is 2.25. The Morgan fingerprint density at radius 2 is 1.74 bits per heavy atom. The lowest BCUT2D eigenvalue weighted by molar-refractivity contribution is 1.21. The minimum atomic E-state index is -0.0864. The van der Waals surface area contributed by atoms with Gasteiger partial charge in [0.2, 0.25) is 0 Å². The highest BCUT2D eigenvalue weighted by Gasteiger charge is 2.16. The van der Waals surface area contributed by atoms with E-state index in [1.165, 1.54) is 26.1 Å². The SMILES string of the molecule is Cc1ccc(C(Cl)c2ccc(Br)c3ccccc23)s1. The lowest BCUT2D eigenvalue weighted by Crippen LogP contribution is -1.92. The number of alkyl halides is 1. The van der Waals surface area contributed by atoms with Gasteiger partial charge in [-0.2, -0.15) is 0 Å². The molecule has 0 radical (unpaired) electrons. The number of fused-ring (bicyclic) bond motifs is 1. The summed E-state index contributed by atoms with van der Waals surface area (Å²) in [6.45, 7) is 2.11. The van der Waals surface area contributed by atoms with Gasteiger partial charge in [0.25, 0.3) is 0 Å². The second-order valence-corrected chi connectivity index (χ2v) is 7.10. The van der Waals surface area contributed by atoms with Gasteiger partial charge in [-0.15, -0.1) is 22.9 Å². The highest BCUT2D eigenvalue weighted by atomic mass is 79.9. The van der Waals surface area contributed by atoms with Crippen molar-refractivity contribution in [1.82, 2.24) is 0 Å². The third-order valence-electron chi connectivity index (χ3n) is 3.19. The van der Waals surface area contributed by atoms with Crippen molar-refractivity contribution >= 4 is 49.6 Å². The summed E-state index contributed by atoms with van der Waals surface area (Å²) in [4.78, 5) is 2.49. The van der Waals surface area contributed by atoms with Gasteiger partial charge in [0.1, 0.15) is 0 Å². The van der Waals surface area contributed by atoms with Crippen molar-refractivity contribution in [2.24, 2.45) is 0 Å². The highest BCUT2D eigenvalue weighted by molar-refractivity contribution is 9.10. The normalized spacial score (nSPS) is 12.8. The number of halogens is 2. The molecule has 3 heteroatoms. The largest absolute Gasteiger partial charge is 0.144 e. The number of hydrogen-bond donors (Lipinski definition) is 0. The van der Waals surface area contributed by atoms with E-state index >= 15 is 0 Å². The van der Waals surface area contributed by atoms with Crippen molar-refractivity contribution in [3.63, 3.8) is 0 Å². The average Bonchev–Trinajstić information content (AvgIpc) is 2.86. The molecule has 0 aliphatic heterocycles. The van der Waals surface area contributed by atoms with Gasteiger partial charge >= 0.3 is 0 Å². The summed E-state index contributed by atoms with van der Waals surface area (Å²) >= 11 is 12.0. The molecule has 1 atom stereocenters. The molecular formula is C16H12BrClS. The second kappa shape index (κ2) is 5.28. The fourth-order valence-corrected chi connectivity index (χ4v) is 4.00. The summed E-state index contributed by atoms with van der Waals surface area (Å²) in [5.74, 6) is 0. The standard InChI is InChI=1S/C16H12BrClS/c1-10-6-9-15(19-10)16(18)13-7-8-14(17)12-5-3-2-4-11(12)13/h2-9,16H,1H3. The molecule has 0 nitrogen and oxygen atoms in total. The van der Waals surface area contributed by atoms with E-state index in [1.807, 2.05) is 0 Å². The van der Waals surface area contributed by atoms with Crippen LogP contribution in [0.4, 0.5) is 0 Å². The molecule has 0 bridgehead atoms. The van der Waals surface area contributed by atoms with Crippen LogP contribution in [-0.2, 0) is 0 Å². The molecule has 0 saturated carbocycles. The van der Waals surface area contributed by atoms with Crippen LogP contribution in [0.1, 0.15) is 20.7 Å². The molecule has 0 aliphatic rings. The molecular weight excluding hydrogens is 340 g/mol. The highest BCUT2D eigenvalue weighted by Crippen LogP contribution is 2.38. The molecule has 96 valence electrons. The number of aryl methyl sites for hydroxylation is 1. The van der Waals surface area contributed by atoms with Crippen molar-refractivity contribution in [2.45, 2.75) is 12.3 Å². The Morgan fingerprint density at radius 1 is 1.00 bits per heavy atom. The number of thiophene rings is 1. The molecule has 0 amide bonds. The quantitative estimate of drug-likeness (QED) is 0.475. The van der Waals surface area contributed by atoms with Crippen LogP contribution in [0.25, 0.3) is 10.8 Å². The maximum Gasteiger partial charge on any atom is 0.0933 e. The Balaban J connectivity index is 2.18. The molecule has 3 rings (SSSR count). The first-order valence-electron chi connectivity index (χ1n) is 6.04. The van der Waals surface area contributed by atoms with E-state index < -0.39 is 0 Å². The van der Waals surface area contributed by atoms with Gasteiger partial charge in [0.15, 0.2) is 0 Å². The first kappa shape index (κ1) is 13.2. The third-order valence-corrected chi connectivity index (χ3v) is 5.55. The van der Waals surface area contributed by atoms with Gasteiger partial charge in [0.05, 0.1) is 5.38 Å². The molecule has 0 fully saturated rings. The predicted molar refractivity (Wildman–Crippen MR) is 88.4 cm³/mol. The number of hydrogen-bond acceptors (Lipinski definition) is 1. The molecule has 2 aromatic carbocycles. The summed E-state index contributed by atoms with van der Waals surface area (Å²) < 4.78 is 1.11. The number of benzene rings is 2. The minimum absolute atomic E-state index is 0.0864. The number of rotatable bonds is 2. The van der Waals surface area contributed by atoms with E-state index in [2.05, 4.69) is 71.4 Å². The smallest absolute Gasteiger partial charge is 0.0933 e. The van der Waals surface area contributed by atoms with Gasteiger partial charge in [-0.05, 0) is 41.5 Å². The van der Waals surface area contributed by atoms with Crippen molar-refractivity contribution < 1.29 is 0 Å². The molecule has 1 heterocycles. The predicted octanol–water partition coefficient (Wildman–Crippen LogP) is 6.30. The summed E-state index contributed by atoms with van der Waals surface area (Å²) in [6, 6.07) is 16.8. The molecule has 1 unspecified atom stereocenters. The van der Waals surface area contributed by atoms with Crippen molar-refractivity contribution in [1.29, 1.82) is 0 Å². The summed E-state index contributed by atoms with van der Waals surface area (Å²) in [5.41, 5.74) is 1.17. The first-order valence-corrected chi connectivity index (χ1v) is 8.09. The maximum absolute atomic E-state index is 6.67. The molecule has 3 aromatic rings. The summed E-state index contributed by atoms with van der Waals surface area (Å²) in [6.07, 6.45) is 0. The topological polar surface area (TPSA) is 0 Å². The molecule has 0 spiro atoms. The van der Waals surface area contributed by atoms with Crippen LogP contribution in [0.5, 0.6) is 0 Å². The van der Waals surface area contributed by atoms with Crippen molar-refractivity contribution in [3.05, 3.63) is 68.3 Å². The van der Waals surface area contributed by atoms with E-state index in [1.54, 1.807) is 11.3 Å². The Hall–Kier alpha value is -0.830. The molecule has 0 N–H and O–H groups in total. The lowest BCUT2D eigenvalue weighted by Gasteiger charge is -2.12. The fraction of sp³-hybridized carbons (Fsp3) is 0.125. The summed E-state index contributed by atoms with van der Waals surface area (Å²) in [5, 5.41) is 2.33. The first-order chi connectivity index (χ1) is 9.16. The van der Waals surface area contributed by atoms with Crippen LogP contribution in [0.3, 0.4) is 0 Å². The van der Waals surface area contributed by atoms with Crippen LogP contribution in [0.15, 0.2) is 53.0 Å². The monoisotopic (exact) mass is 350 g/mol. The Morgan fingerprint density at radius 3 is 2.42 bits per heavy atom. The molecule has 0 saturated heterocycles. The summed E-state index contributed by atoms with van der Waals surface area (Å²) in [7, 11) is 0. The van der Waals surface area contributed by atoms with Crippen LogP contribution < -0.4 is 0 Å². The van der Waals surface area contributed by atoms with Crippen molar-refractivity contribution in [2.75, 3.05) is 0 Å². The van der Waals surface area contributed by atoms with E-state index in [0.29, 0.717) is 0 Å². The van der Waals surface area contributed by atoms with Crippen LogP contribution in [-0.4, -0.2) is 0 Å². The molecule has 0 aliphatic carbocycles. The van der Waals surface area contributed by atoms with Gasteiger partial charge in [-0.25, -0.2) is 0 Å². The van der Waals surface area contributed by atoms with E-state index in [0.717, 1.165) is 4.47 Å². The average molecular weight is 352 g/mol. The van der Waals surface area contributed by atoms with Gasteiger partial charge in [-0.1, -0.05) is 46.3 Å². The van der Waals surface area contributed by atoms with Gasteiger partial charge < -0.3 is 0 Å². The van der Waals surface area contributed by atoms with Gasteiger partial charge in [0, 0.05) is 14.2 Å². The second-order valence-electron chi connectivity index (χ2n) is 4.49. The van der Waals surface area contributed by atoms with E-state index in [9.17, 15) is 0 Å². The third kappa shape index (κ3) is 2.45. The van der Waals surface area contributed by atoms with E-state index in [4.69, 9.17) is 11.6 Å². The Labute approximate surface area is 130 Å². The maximum atomic E-state index is 6.67. The molecule has 1 aromatic heterocycles. The van der Waals surface area contributed by atoms with Crippen LogP contribution in [0, 0.1) is 6.92 Å². The Bertz CT molecular complexity index is 732. The molecule has 19 heavy (non-hydrogen) atoms. The zero-order valence-electron chi connectivity index (χ0n) is 10.4. The zero-order valence-corrected chi connectivity index (χ0v) is 13.5. The zero-order chi connectivity index (χ0) is 13.4. The Kier molecular flexibility index (Phi) is 3.66. The van der Waals surface area contributed by atoms with Crippen LogP contribution >= 0.6 is 38.9 Å². The van der Waals surface area contributed by atoms with Crippen molar-refractivity contribution in [3.8, 4) is 0 Å². The van der Waals surface area contributed by atoms with Crippen LogP contribution in [0.2, 0.25) is 0 Å². The lowest BCUT2D eigenvalue weighted by atomic mass is 10.0.